The van der Waals surface area contributed by atoms with E-state index in [0.29, 0.717) is 5.75 Å². The summed E-state index contributed by atoms with van der Waals surface area (Å²) >= 11 is 9.69. The van der Waals surface area contributed by atoms with Crippen LogP contribution in [0.15, 0.2) is 0 Å². The van der Waals surface area contributed by atoms with Gasteiger partial charge in [0, 0.05) is 15.9 Å². The van der Waals surface area contributed by atoms with Crippen LogP contribution in [0.25, 0.3) is 0 Å². The van der Waals surface area contributed by atoms with Crippen molar-refractivity contribution < 1.29 is 34.1 Å². The van der Waals surface area contributed by atoms with E-state index in [9.17, 15) is 10.2 Å². The molecule has 7 nitrogen and oxygen atoms in total. The molecule has 0 aromatic heterocycles. The molecule has 0 aliphatic heterocycles. The summed E-state index contributed by atoms with van der Waals surface area (Å²) < 4.78 is 3.27. The van der Waals surface area contributed by atoms with Crippen LogP contribution in [0.2, 0.25) is 0 Å². The minimum absolute atomic E-state index is 0.0357. The SMILES string of the molecule is CCCCCCCCCCCCC(S)(CCCCCCCCCCCC)C(CO)(CO)CS.OP(O)OP(O)O. The van der Waals surface area contributed by atoms with Crippen LogP contribution in [0.5, 0.6) is 0 Å². The summed E-state index contributed by atoms with van der Waals surface area (Å²) in [5.41, 5.74) is -0.599. The normalized spacial score (nSPS) is 12.3. The Kier molecular flexibility index (Phi) is 32.9. The van der Waals surface area contributed by atoms with E-state index in [1.54, 1.807) is 0 Å². The van der Waals surface area contributed by atoms with E-state index >= 15 is 0 Å². The van der Waals surface area contributed by atoms with Gasteiger partial charge < -0.3 is 29.8 Å². The molecule has 0 saturated heterocycles. The number of rotatable bonds is 28. The second-order valence-corrected chi connectivity index (χ2v) is 14.1. The maximum absolute atomic E-state index is 10.2. The minimum atomic E-state index is -2.61. The molecule has 11 heteroatoms. The van der Waals surface area contributed by atoms with Crippen LogP contribution in [-0.2, 0) is 4.31 Å². The van der Waals surface area contributed by atoms with E-state index in [4.69, 9.17) is 32.2 Å². The molecular weight excluding hydrogens is 586 g/mol. The van der Waals surface area contributed by atoms with Gasteiger partial charge in [-0.3, -0.25) is 0 Å². The van der Waals surface area contributed by atoms with Crippen molar-refractivity contribution in [3.63, 3.8) is 0 Å². The predicted octanol–water partition coefficient (Wildman–Crippen LogP) is 8.60. The second-order valence-electron chi connectivity index (χ2n) is 11.2. The summed E-state index contributed by atoms with van der Waals surface area (Å²) in [5, 5.41) is 20.4. The Morgan fingerprint density at radius 1 is 0.525 bits per heavy atom. The van der Waals surface area contributed by atoms with Crippen molar-refractivity contribution in [3.05, 3.63) is 0 Å². The molecule has 40 heavy (non-hydrogen) atoms. The molecule has 244 valence electrons. The first-order valence-corrected chi connectivity index (χ1v) is 19.2. The highest BCUT2D eigenvalue weighted by molar-refractivity contribution is 7.82. The Labute approximate surface area is 260 Å². The largest absolute Gasteiger partial charge is 0.396 e. The van der Waals surface area contributed by atoms with E-state index in [1.165, 1.54) is 116 Å². The molecule has 0 rings (SSSR count). The molecule has 0 aromatic carbocycles. The third kappa shape index (κ3) is 23.7. The Morgan fingerprint density at radius 2 is 0.800 bits per heavy atom. The van der Waals surface area contributed by atoms with Crippen LogP contribution in [0.1, 0.15) is 155 Å². The van der Waals surface area contributed by atoms with Gasteiger partial charge in [-0.15, -0.1) is 0 Å². The highest BCUT2D eigenvalue weighted by Gasteiger charge is 2.46. The van der Waals surface area contributed by atoms with Crippen molar-refractivity contribution >= 4 is 42.5 Å². The lowest BCUT2D eigenvalue weighted by Gasteiger charge is -2.46. The molecular formula is C29H64O7P2S2. The van der Waals surface area contributed by atoms with E-state index in [1.807, 2.05) is 0 Å². The van der Waals surface area contributed by atoms with Crippen LogP contribution < -0.4 is 0 Å². The first-order valence-electron chi connectivity index (χ1n) is 15.8. The van der Waals surface area contributed by atoms with Crippen LogP contribution in [-0.4, -0.2) is 53.5 Å². The fourth-order valence-corrected chi connectivity index (χ4v) is 6.81. The van der Waals surface area contributed by atoms with Crippen LogP contribution in [0.3, 0.4) is 0 Å². The van der Waals surface area contributed by atoms with Gasteiger partial charge in [0.1, 0.15) is 0 Å². The smallest absolute Gasteiger partial charge is 0.334 e. The Balaban J connectivity index is 0. The topological polar surface area (TPSA) is 131 Å². The zero-order valence-electron chi connectivity index (χ0n) is 25.6. The minimum Gasteiger partial charge on any atom is -0.396 e. The lowest BCUT2D eigenvalue weighted by atomic mass is 9.71. The molecule has 0 bridgehead atoms. The van der Waals surface area contributed by atoms with Crippen molar-refractivity contribution in [1.82, 2.24) is 0 Å². The standard InChI is InChI=1S/C29H60O2S2.H4O5P2/c1-3-5-7-9-11-13-15-17-19-21-23-29(33,28(25-30,26-31)27-32)24-22-20-18-16-14-12-10-8-6-4-2;1-6(2)5-7(3)4/h30-33H,3-27H2,1-2H3;1-4H. The molecule has 0 amide bonds. The summed E-state index contributed by atoms with van der Waals surface area (Å²) in [7, 11) is -5.22. The van der Waals surface area contributed by atoms with Gasteiger partial charge in [0.15, 0.2) is 0 Å². The van der Waals surface area contributed by atoms with E-state index in [-0.39, 0.29) is 18.0 Å². The molecule has 0 aromatic rings. The Hall–Kier alpha value is 1.28. The van der Waals surface area contributed by atoms with Crippen molar-refractivity contribution in [2.24, 2.45) is 5.41 Å². The summed E-state index contributed by atoms with van der Waals surface area (Å²) in [6, 6.07) is 0. The van der Waals surface area contributed by atoms with Crippen LogP contribution in [0.4, 0.5) is 0 Å². The summed E-state index contributed by atoms with van der Waals surface area (Å²) in [6.07, 6.45) is 28.4. The lowest BCUT2D eigenvalue weighted by Crippen LogP contribution is -2.51. The lowest BCUT2D eigenvalue weighted by molar-refractivity contribution is 0.0324. The molecule has 0 atom stereocenters. The molecule has 0 aliphatic rings. The maximum Gasteiger partial charge on any atom is 0.334 e. The average Bonchev–Trinajstić information content (AvgIpc) is 2.91. The molecule has 6 N–H and O–H groups in total. The maximum atomic E-state index is 10.2. The Bertz CT molecular complexity index is 479. The van der Waals surface area contributed by atoms with Crippen LogP contribution in [0, 0.1) is 5.41 Å². The summed E-state index contributed by atoms with van der Waals surface area (Å²) in [5.74, 6) is 0.485. The van der Waals surface area contributed by atoms with Gasteiger partial charge in [0.05, 0.1) is 13.2 Å². The van der Waals surface area contributed by atoms with Gasteiger partial charge in [0.2, 0.25) is 0 Å². The van der Waals surface area contributed by atoms with Crippen molar-refractivity contribution in [1.29, 1.82) is 0 Å². The zero-order valence-corrected chi connectivity index (χ0v) is 29.1. The summed E-state index contributed by atoms with van der Waals surface area (Å²) in [6.45, 7) is 4.47. The van der Waals surface area contributed by atoms with Gasteiger partial charge in [-0.25, -0.2) is 4.31 Å². The first kappa shape index (κ1) is 43.4. The van der Waals surface area contributed by atoms with Crippen LogP contribution >= 0.6 is 42.5 Å². The van der Waals surface area contributed by atoms with Crippen molar-refractivity contribution in [2.45, 2.75) is 160 Å². The second kappa shape index (κ2) is 30.3. The molecule has 0 saturated carbocycles. The zero-order chi connectivity index (χ0) is 30.5. The molecule has 0 aliphatic carbocycles. The van der Waals surface area contributed by atoms with Gasteiger partial charge in [-0.2, -0.15) is 25.3 Å². The van der Waals surface area contributed by atoms with Crippen molar-refractivity contribution in [2.75, 3.05) is 19.0 Å². The summed E-state index contributed by atoms with van der Waals surface area (Å²) in [4.78, 5) is 31.3. The average molecular weight is 651 g/mol. The number of hydrogen-bond donors (Lipinski definition) is 8. The van der Waals surface area contributed by atoms with E-state index < -0.39 is 22.6 Å². The van der Waals surface area contributed by atoms with Gasteiger partial charge in [-0.1, -0.05) is 142 Å². The molecule has 0 heterocycles. The Morgan fingerprint density at radius 3 is 1.00 bits per heavy atom. The number of aliphatic hydroxyl groups excluding tert-OH is 2. The number of hydrogen-bond acceptors (Lipinski definition) is 9. The number of thiol groups is 2. The van der Waals surface area contributed by atoms with E-state index in [0.717, 1.165) is 25.7 Å². The highest BCUT2D eigenvalue weighted by atomic mass is 32.1. The quantitative estimate of drug-likeness (QED) is 0.0242. The fourth-order valence-electron chi connectivity index (χ4n) is 5.12. The van der Waals surface area contributed by atoms with Gasteiger partial charge >= 0.3 is 17.2 Å². The molecule has 0 unspecified atom stereocenters. The fraction of sp³-hybridized carbons (Fsp3) is 1.00. The van der Waals surface area contributed by atoms with Gasteiger partial charge in [-0.05, 0) is 12.8 Å². The number of unbranched alkanes of at least 4 members (excludes halogenated alkanes) is 18. The van der Waals surface area contributed by atoms with Crippen molar-refractivity contribution in [3.8, 4) is 0 Å². The molecule has 0 fully saturated rings. The third-order valence-corrected chi connectivity index (χ3v) is 10.6. The molecule has 0 spiro atoms. The van der Waals surface area contributed by atoms with Gasteiger partial charge in [0.25, 0.3) is 0 Å². The first-order chi connectivity index (χ1) is 19.2. The highest BCUT2D eigenvalue weighted by Crippen LogP contribution is 2.45. The van der Waals surface area contributed by atoms with E-state index in [2.05, 4.69) is 30.8 Å². The monoisotopic (exact) mass is 650 g/mol. The predicted molar refractivity (Wildman–Crippen MR) is 179 cm³/mol. The third-order valence-electron chi connectivity index (χ3n) is 7.93. The number of aliphatic hydroxyl groups is 2. The molecule has 0 radical (unpaired) electrons.